The molecule has 0 radical (unpaired) electrons. The zero-order valence-electron chi connectivity index (χ0n) is 10.8. The van der Waals surface area contributed by atoms with Gasteiger partial charge in [0, 0.05) is 6.07 Å². The van der Waals surface area contributed by atoms with Crippen LogP contribution in [0.3, 0.4) is 0 Å². The number of nitrogens with zero attached hydrogens (tertiary/aromatic N) is 1. The van der Waals surface area contributed by atoms with Gasteiger partial charge in [0.2, 0.25) is 0 Å². The number of aliphatic carboxylic acids is 1. The van der Waals surface area contributed by atoms with Crippen LogP contribution >= 0.6 is 0 Å². The first-order valence-corrected chi connectivity index (χ1v) is 5.71. The Labute approximate surface area is 113 Å². The van der Waals surface area contributed by atoms with Crippen molar-refractivity contribution in [1.29, 1.82) is 0 Å². The molecule has 108 valence electrons. The Kier molecular flexibility index (Phi) is 4.73. The maximum Gasteiger partial charge on any atom is 0.326 e. The third-order valence-corrected chi connectivity index (χ3v) is 2.63. The van der Waals surface area contributed by atoms with E-state index in [-0.39, 0.29) is 0 Å². The van der Waals surface area contributed by atoms with Crippen molar-refractivity contribution in [3.05, 3.63) is 39.7 Å². The van der Waals surface area contributed by atoms with Gasteiger partial charge in [0.15, 0.2) is 0 Å². The van der Waals surface area contributed by atoms with Crippen molar-refractivity contribution in [3.63, 3.8) is 0 Å². The number of hydrogen-bond donors (Lipinski definition) is 2. The second kappa shape index (κ2) is 6.09. The summed E-state index contributed by atoms with van der Waals surface area (Å²) >= 11 is 0. The van der Waals surface area contributed by atoms with Crippen LogP contribution in [0, 0.1) is 21.8 Å². The van der Waals surface area contributed by atoms with Crippen LogP contribution in [0.2, 0.25) is 0 Å². The fraction of sp³-hybridized carbons (Fsp3) is 0.333. The van der Waals surface area contributed by atoms with Crippen LogP contribution in [0.5, 0.6) is 0 Å². The summed E-state index contributed by atoms with van der Waals surface area (Å²) in [4.78, 5) is 32.4. The molecule has 0 aliphatic rings. The number of amides is 1. The maximum atomic E-state index is 13.6. The van der Waals surface area contributed by atoms with Crippen LogP contribution in [0.15, 0.2) is 18.2 Å². The van der Waals surface area contributed by atoms with Gasteiger partial charge in [-0.3, -0.25) is 14.9 Å². The van der Waals surface area contributed by atoms with Gasteiger partial charge < -0.3 is 10.4 Å². The third-order valence-electron chi connectivity index (χ3n) is 2.63. The molecule has 20 heavy (non-hydrogen) atoms. The molecule has 1 aromatic rings. The van der Waals surface area contributed by atoms with Crippen molar-refractivity contribution in [2.24, 2.45) is 5.92 Å². The molecule has 0 saturated heterocycles. The van der Waals surface area contributed by atoms with Gasteiger partial charge in [-0.1, -0.05) is 13.8 Å². The highest BCUT2D eigenvalue weighted by Crippen LogP contribution is 2.17. The highest BCUT2D eigenvalue weighted by molar-refractivity contribution is 5.97. The van der Waals surface area contributed by atoms with E-state index in [1.54, 1.807) is 13.8 Å². The van der Waals surface area contributed by atoms with Gasteiger partial charge in [-0.2, -0.15) is 0 Å². The highest BCUT2D eigenvalue weighted by atomic mass is 18.2. The number of halogens is 1. The van der Waals surface area contributed by atoms with E-state index in [0.717, 1.165) is 12.1 Å². The summed E-state index contributed by atoms with van der Waals surface area (Å²) in [5.74, 6) is -3.64. The summed E-state index contributed by atoms with van der Waals surface area (Å²) in [7, 11) is 0. The van der Waals surface area contributed by atoms with Crippen molar-refractivity contribution in [2.45, 2.75) is 19.9 Å². The molecule has 0 spiro atoms. The predicted octanol–water partition coefficient (Wildman–Crippen LogP) is 1.57. The summed E-state index contributed by atoms with van der Waals surface area (Å²) in [5.41, 5.74) is -0.930. The van der Waals surface area contributed by atoms with E-state index < -0.39 is 45.8 Å². The summed E-state index contributed by atoms with van der Waals surface area (Å²) < 4.78 is 13.6. The number of benzene rings is 1. The molecule has 1 amide bonds. The minimum absolute atomic E-state index is 0.391. The molecule has 1 rings (SSSR count). The molecule has 7 nitrogen and oxygen atoms in total. The predicted molar refractivity (Wildman–Crippen MR) is 66.8 cm³/mol. The number of hydrogen-bond acceptors (Lipinski definition) is 4. The zero-order valence-corrected chi connectivity index (χ0v) is 10.8. The molecule has 2 N–H and O–H groups in total. The summed E-state index contributed by atoms with van der Waals surface area (Å²) in [6.45, 7) is 3.18. The number of rotatable bonds is 5. The first kappa shape index (κ1) is 15.5. The third kappa shape index (κ3) is 3.50. The number of nitrogens with one attached hydrogen (secondary N) is 1. The quantitative estimate of drug-likeness (QED) is 0.629. The van der Waals surface area contributed by atoms with Gasteiger partial charge in [0.05, 0.1) is 16.6 Å². The molecule has 0 bridgehead atoms. The Morgan fingerprint density at radius 3 is 2.40 bits per heavy atom. The average Bonchev–Trinajstić information content (AvgIpc) is 2.34. The molecule has 1 unspecified atom stereocenters. The fourth-order valence-electron chi connectivity index (χ4n) is 1.53. The van der Waals surface area contributed by atoms with Gasteiger partial charge in [-0.15, -0.1) is 0 Å². The molecule has 0 saturated carbocycles. The van der Waals surface area contributed by atoms with E-state index in [2.05, 4.69) is 5.32 Å². The first-order chi connectivity index (χ1) is 9.23. The largest absolute Gasteiger partial charge is 0.480 e. The van der Waals surface area contributed by atoms with Crippen LogP contribution in [0.25, 0.3) is 0 Å². The molecule has 1 aromatic carbocycles. The lowest BCUT2D eigenvalue weighted by atomic mass is 10.0. The minimum atomic E-state index is -1.24. The Morgan fingerprint density at radius 2 is 2.00 bits per heavy atom. The normalized spacial score (nSPS) is 12.0. The molecule has 0 aliphatic carbocycles. The summed E-state index contributed by atoms with van der Waals surface area (Å²) in [6, 6.07) is 1.36. The number of carboxylic acid groups (broad SMARTS) is 1. The Hall–Kier alpha value is -2.51. The van der Waals surface area contributed by atoms with Crippen LogP contribution in [0.1, 0.15) is 24.2 Å². The van der Waals surface area contributed by atoms with Crippen molar-refractivity contribution in [3.8, 4) is 0 Å². The number of carbonyl (C=O) groups excluding carboxylic acids is 1. The number of nitro benzene ring substituents is 1. The van der Waals surface area contributed by atoms with E-state index in [9.17, 15) is 24.1 Å². The summed E-state index contributed by atoms with van der Waals surface area (Å²) in [6.07, 6.45) is 0. The minimum Gasteiger partial charge on any atom is -0.480 e. The molecular formula is C12H13FN2O5. The van der Waals surface area contributed by atoms with Crippen LogP contribution < -0.4 is 5.32 Å². The van der Waals surface area contributed by atoms with Crippen molar-refractivity contribution in [2.75, 3.05) is 0 Å². The van der Waals surface area contributed by atoms with Crippen LogP contribution in [-0.4, -0.2) is 27.9 Å². The molecule has 0 aliphatic heterocycles. The zero-order chi connectivity index (χ0) is 15.4. The summed E-state index contributed by atoms with van der Waals surface area (Å²) in [5, 5.41) is 21.6. The first-order valence-electron chi connectivity index (χ1n) is 5.71. The van der Waals surface area contributed by atoms with Gasteiger partial charge in [0.1, 0.15) is 11.9 Å². The smallest absolute Gasteiger partial charge is 0.326 e. The monoisotopic (exact) mass is 283 g/mol. The molecule has 1 atom stereocenters. The second-order valence-electron chi connectivity index (χ2n) is 4.45. The second-order valence-corrected chi connectivity index (χ2v) is 4.45. The maximum absolute atomic E-state index is 13.6. The molecule has 0 heterocycles. The van der Waals surface area contributed by atoms with E-state index >= 15 is 0 Å². The van der Waals surface area contributed by atoms with E-state index in [1.165, 1.54) is 0 Å². The Morgan fingerprint density at radius 1 is 1.40 bits per heavy atom. The SMILES string of the molecule is CC(C)C(NC(=O)c1ccc([N+](=O)[O-])cc1[18F])C(=O)O. The highest BCUT2D eigenvalue weighted by Gasteiger charge is 2.25. The molecule has 0 fully saturated rings. The van der Waals surface area contributed by atoms with Crippen molar-refractivity contribution < 1.29 is 24.0 Å². The molecule has 8 heteroatoms. The van der Waals surface area contributed by atoms with Crippen molar-refractivity contribution >= 4 is 17.6 Å². The van der Waals surface area contributed by atoms with Crippen LogP contribution in [0.4, 0.5) is 10.1 Å². The molecule has 0 aromatic heterocycles. The lowest BCUT2D eigenvalue weighted by molar-refractivity contribution is -0.385. The lowest BCUT2D eigenvalue weighted by Crippen LogP contribution is -2.44. The Balaban J connectivity index is 2.98. The van der Waals surface area contributed by atoms with Gasteiger partial charge in [0.25, 0.3) is 11.6 Å². The van der Waals surface area contributed by atoms with Gasteiger partial charge >= 0.3 is 5.97 Å². The number of carbonyl (C=O) groups is 2. The topological polar surface area (TPSA) is 110 Å². The van der Waals surface area contributed by atoms with Crippen molar-refractivity contribution in [1.82, 2.24) is 5.32 Å². The van der Waals surface area contributed by atoms with Gasteiger partial charge in [-0.05, 0) is 12.0 Å². The number of non-ortho nitro benzene ring substituents is 1. The standard InChI is InChI=1S/C12H13FN2O5/c1-6(2)10(12(17)18)14-11(16)8-4-3-7(15(19)20)5-9(8)13/h3-6,10H,1-2H3,(H,14,16)(H,17,18)/i13-1. The van der Waals surface area contributed by atoms with Crippen LogP contribution in [-0.2, 0) is 4.79 Å². The van der Waals surface area contributed by atoms with E-state index in [0.29, 0.717) is 6.07 Å². The fourth-order valence-corrected chi connectivity index (χ4v) is 1.53. The van der Waals surface area contributed by atoms with E-state index in [4.69, 9.17) is 5.11 Å². The van der Waals surface area contributed by atoms with Gasteiger partial charge in [-0.25, -0.2) is 9.18 Å². The Bertz CT molecular complexity index is 559. The average molecular weight is 283 g/mol. The van der Waals surface area contributed by atoms with E-state index in [1.807, 2.05) is 0 Å². The number of carboxylic acids is 1. The lowest BCUT2D eigenvalue weighted by Gasteiger charge is -2.17. The number of nitro groups is 1. The molecular weight excluding hydrogens is 270 g/mol.